The Kier molecular flexibility index (Phi) is 5.90. The normalized spacial score (nSPS) is 9.80. The molecule has 0 saturated heterocycles. The Balaban J connectivity index is 3.02. The van der Waals surface area contributed by atoms with Gasteiger partial charge in [-0.3, -0.25) is 0 Å². The molecule has 110 valence electrons. The zero-order valence-corrected chi connectivity index (χ0v) is 12.5. The lowest BCUT2D eigenvalue weighted by molar-refractivity contribution is 0.173. The van der Waals surface area contributed by atoms with Crippen LogP contribution in [-0.4, -0.2) is 50.7 Å². The van der Waals surface area contributed by atoms with E-state index in [1.165, 1.54) is 4.90 Å². The van der Waals surface area contributed by atoms with Crippen LogP contribution >= 0.6 is 0 Å². The average molecular weight is 278 g/mol. The molecule has 0 atom stereocenters. The lowest BCUT2D eigenvalue weighted by Crippen LogP contribution is -2.38. The van der Waals surface area contributed by atoms with Gasteiger partial charge in [0.2, 0.25) is 0 Å². The van der Waals surface area contributed by atoms with Gasteiger partial charge in [0.25, 0.3) is 0 Å². The number of amides is 2. The molecule has 20 heavy (non-hydrogen) atoms. The molecule has 0 aliphatic heterocycles. The standard InChI is InChI=1S/C15H22N2O3/c1-6-9-17(15(18)16(2)3)11-12-10-13(19-4)7-8-14(12)20-5/h6-8,10H,1,9,11H2,2-5H3. The van der Waals surface area contributed by atoms with Gasteiger partial charge >= 0.3 is 6.03 Å². The molecule has 5 nitrogen and oxygen atoms in total. The summed E-state index contributed by atoms with van der Waals surface area (Å²) in [5.74, 6) is 1.46. The summed E-state index contributed by atoms with van der Waals surface area (Å²) in [6.07, 6.45) is 1.70. The molecule has 0 aliphatic rings. The molecule has 0 fully saturated rings. The first kappa shape index (κ1) is 15.9. The van der Waals surface area contributed by atoms with Crippen LogP contribution in [0.5, 0.6) is 11.5 Å². The fourth-order valence-corrected chi connectivity index (χ4v) is 1.86. The second kappa shape index (κ2) is 7.43. The van der Waals surface area contributed by atoms with Crippen LogP contribution in [0.15, 0.2) is 30.9 Å². The van der Waals surface area contributed by atoms with E-state index in [0.29, 0.717) is 13.1 Å². The van der Waals surface area contributed by atoms with Crippen LogP contribution in [0.4, 0.5) is 4.79 Å². The predicted molar refractivity (Wildman–Crippen MR) is 79.2 cm³/mol. The second-order valence-corrected chi connectivity index (χ2v) is 4.52. The van der Waals surface area contributed by atoms with Crippen LogP contribution < -0.4 is 9.47 Å². The number of nitrogens with zero attached hydrogens (tertiary/aromatic N) is 2. The molecular formula is C15H22N2O3. The van der Waals surface area contributed by atoms with E-state index in [0.717, 1.165) is 17.1 Å². The molecule has 0 spiro atoms. The van der Waals surface area contributed by atoms with E-state index in [9.17, 15) is 4.79 Å². The van der Waals surface area contributed by atoms with Crippen molar-refractivity contribution >= 4 is 6.03 Å². The van der Waals surface area contributed by atoms with Crippen molar-refractivity contribution in [1.82, 2.24) is 9.80 Å². The van der Waals surface area contributed by atoms with Crippen LogP contribution in [0.2, 0.25) is 0 Å². The quantitative estimate of drug-likeness (QED) is 0.750. The van der Waals surface area contributed by atoms with Crippen molar-refractivity contribution in [2.24, 2.45) is 0 Å². The van der Waals surface area contributed by atoms with Gasteiger partial charge in [0.1, 0.15) is 11.5 Å². The maximum absolute atomic E-state index is 12.1. The zero-order chi connectivity index (χ0) is 15.1. The van der Waals surface area contributed by atoms with Crippen molar-refractivity contribution in [3.63, 3.8) is 0 Å². The third-order valence-electron chi connectivity index (χ3n) is 2.85. The fourth-order valence-electron chi connectivity index (χ4n) is 1.86. The van der Waals surface area contributed by atoms with E-state index >= 15 is 0 Å². The molecule has 0 unspecified atom stereocenters. The second-order valence-electron chi connectivity index (χ2n) is 4.52. The maximum atomic E-state index is 12.1. The summed E-state index contributed by atoms with van der Waals surface area (Å²) in [6, 6.07) is 5.46. The first-order valence-corrected chi connectivity index (χ1v) is 6.31. The van der Waals surface area contributed by atoms with Gasteiger partial charge in [0.05, 0.1) is 20.8 Å². The number of rotatable bonds is 6. The number of carbonyl (C=O) groups excluding carboxylic acids is 1. The summed E-state index contributed by atoms with van der Waals surface area (Å²) < 4.78 is 10.5. The van der Waals surface area contributed by atoms with E-state index in [-0.39, 0.29) is 6.03 Å². The minimum atomic E-state index is -0.0743. The third kappa shape index (κ3) is 3.91. The summed E-state index contributed by atoms with van der Waals surface area (Å²) in [7, 11) is 6.66. The van der Waals surface area contributed by atoms with Crippen LogP contribution in [0.1, 0.15) is 5.56 Å². The molecule has 0 saturated carbocycles. The lowest BCUT2D eigenvalue weighted by Gasteiger charge is -2.25. The van der Waals surface area contributed by atoms with E-state index in [4.69, 9.17) is 9.47 Å². The Morgan fingerprint density at radius 2 is 2.00 bits per heavy atom. The van der Waals surface area contributed by atoms with Gasteiger partial charge in [-0.1, -0.05) is 6.08 Å². The van der Waals surface area contributed by atoms with Gasteiger partial charge in [0.15, 0.2) is 0 Å². The Hall–Kier alpha value is -2.17. The summed E-state index contributed by atoms with van der Waals surface area (Å²) in [4.78, 5) is 15.3. The molecule has 1 aromatic carbocycles. The van der Waals surface area contributed by atoms with Crippen LogP contribution in [-0.2, 0) is 6.54 Å². The number of methoxy groups -OCH3 is 2. The molecule has 2 amide bonds. The van der Waals surface area contributed by atoms with Gasteiger partial charge in [-0.2, -0.15) is 0 Å². The Morgan fingerprint density at radius 1 is 1.30 bits per heavy atom. The summed E-state index contributed by atoms with van der Waals surface area (Å²) >= 11 is 0. The highest BCUT2D eigenvalue weighted by molar-refractivity contribution is 5.74. The average Bonchev–Trinajstić information content (AvgIpc) is 2.45. The number of hydrogen-bond donors (Lipinski definition) is 0. The van der Waals surface area contributed by atoms with Crippen molar-refractivity contribution in [2.75, 3.05) is 34.9 Å². The number of benzene rings is 1. The van der Waals surface area contributed by atoms with Gasteiger partial charge in [0, 0.05) is 26.2 Å². The molecule has 0 aromatic heterocycles. The zero-order valence-electron chi connectivity index (χ0n) is 12.5. The van der Waals surface area contributed by atoms with Crippen LogP contribution in [0.3, 0.4) is 0 Å². The van der Waals surface area contributed by atoms with Gasteiger partial charge < -0.3 is 19.3 Å². The maximum Gasteiger partial charge on any atom is 0.320 e. The van der Waals surface area contributed by atoms with E-state index in [1.807, 2.05) is 18.2 Å². The highest BCUT2D eigenvalue weighted by Gasteiger charge is 2.17. The Morgan fingerprint density at radius 3 is 2.50 bits per heavy atom. The van der Waals surface area contributed by atoms with Crippen molar-refractivity contribution in [2.45, 2.75) is 6.54 Å². The predicted octanol–water partition coefficient (Wildman–Crippen LogP) is 2.37. The molecule has 5 heteroatoms. The van der Waals surface area contributed by atoms with Crippen molar-refractivity contribution in [3.8, 4) is 11.5 Å². The minimum absolute atomic E-state index is 0.0743. The SMILES string of the molecule is C=CCN(Cc1cc(OC)ccc1OC)C(=O)N(C)C. The molecule has 0 N–H and O–H groups in total. The van der Waals surface area contributed by atoms with E-state index in [1.54, 1.807) is 39.3 Å². The monoisotopic (exact) mass is 278 g/mol. The topological polar surface area (TPSA) is 42.0 Å². The molecule has 0 bridgehead atoms. The molecule has 1 rings (SSSR count). The summed E-state index contributed by atoms with van der Waals surface area (Å²) in [6.45, 7) is 4.60. The van der Waals surface area contributed by atoms with Crippen LogP contribution in [0.25, 0.3) is 0 Å². The van der Waals surface area contributed by atoms with Gasteiger partial charge in [-0.05, 0) is 18.2 Å². The van der Waals surface area contributed by atoms with Gasteiger partial charge in [-0.25, -0.2) is 4.79 Å². The molecule has 0 aliphatic carbocycles. The Labute approximate surface area is 120 Å². The minimum Gasteiger partial charge on any atom is -0.497 e. The van der Waals surface area contributed by atoms with Crippen molar-refractivity contribution in [1.29, 1.82) is 0 Å². The number of ether oxygens (including phenoxy) is 2. The fraction of sp³-hybridized carbons (Fsp3) is 0.400. The number of urea groups is 1. The van der Waals surface area contributed by atoms with E-state index in [2.05, 4.69) is 6.58 Å². The lowest BCUT2D eigenvalue weighted by atomic mass is 10.1. The highest BCUT2D eigenvalue weighted by Crippen LogP contribution is 2.25. The first-order valence-electron chi connectivity index (χ1n) is 6.31. The number of carbonyl (C=O) groups is 1. The number of hydrogen-bond acceptors (Lipinski definition) is 3. The summed E-state index contributed by atoms with van der Waals surface area (Å²) in [5.41, 5.74) is 0.892. The molecule has 0 heterocycles. The largest absolute Gasteiger partial charge is 0.497 e. The first-order chi connectivity index (χ1) is 9.53. The third-order valence-corrected chi connectivity index (χ3v) is 2.85. The molecule has 1 aromatic rings. The Bertz CT molecular complexity index is 472. The van der Waals surface area contributed by atoms with Crippen LogP contribution in [0, 0.1) is 0 Å². The summed E-state index contributed by atoms with van der Waals surface area (Å²) in [5, 5.41) is 0. The van der Waals surface area contributed by atoms with Crippen molar-refractivity contribution < 1.29 is 14.3 Å². The van der Waals surface area contributed by atoms with Gasteiger partial charge in [-0.15, -0.1) is 6.58 Å². The van der Waals surface area contributed by atoms with Crippen molar-refractivity contribution in [3.05, 3.63) is 36.4 Å². The molecule has 0 radical (unpaired) electrons. The van der Waals surface area contributed by atoms with E-state index < -0.39 is 0 Å². The molecular weight excluding hydrogens is 256 g/mol. The highest BCUT2D eigenvalue weighted by atomic mass is 16.5. The smallest absolute Gasteiger partial charge is 0.320 e.